The van der Waals surface area contributed by atoms with Crippen LogP contribution >= 0.6 is 0 Å². The van der Waals surface area contributed by atoms with Gasteiger partial charge < -0.3 is 0 Å². The van der Waals surface area contributed by atoms with E-state index < -0.39 is 28.9 Å². The van der Waals surface area contributed by atoms with Crippen molar-refractivity contribution in [1.29, 1.82) is 0 Å². The first-order valence-electron chi connectivity index (χ1n) is 5.85. The average Bonchev–Trinajstić information content (AvgIpc) is 2.26. The van der Waals surface area contributed by atoms with Crippen LogP contribution in [0.2, 0.25) is 18.1 Å². The molecule has 0 fully saturated rings. The van der Waals surface area contributed by atoms with Gasteiger partial charge in [0, 0.05) is 0 Å². The van der Waals surface area contributed by atoms with Crippen molar-refractivity contribution in [2.24, 2.45) is 0 Å². The van der Waals surface area contributed by atoms with Gasteiger partial charge in [0.05, 0.1) is 0 Å². The zero-order valence-electron chi connectivity index (χ0n) is 11.5. The first kappa shape index (κ1) is 15.8. The summed E-state index contributed by atoms with van der Waals surface area (Å²) in [5.74, 6) is 0.556. The number of hydrogen-bond acceptors (Lipinski definition) is 4. The second-order valence-electron chi connectivity index (χ2n) is 5.59. The molecule has 0 atom stereocenters. The molecule has 6 heteroatoms. The molecule has 0 aliphatic heterocycles. The normalized spacial score (nSPS) is 12.3. The van der Waals surface area contributed by atoms with Crippen LogP contribution in [-0.2, 0) is 10.9 Å². The molecule has 0 aliphatic rings. The summed E-state index contributed by atoms with van der Waals surface area (Å²) in [6, 6.07) is 9.00. The SMILES string of the molecule is CC(C)(C)[Si](C)(C)O[O][Sn](=[O])[O]c1ccccc1. The molecule has 0 aromatic heterocycles. The minimum atomic E-state index is -3.61. The number of hydrogen-bond donors (Lipinski definition) is 0. The molecule has 1 rings (SSSR count). The van der Waals surface area contributed by atoms with Crippen molar-refractivity contribution in [3.8, 4) is 5.75 Å². The summed E-state index contributed by atoms with van der Waals surface area (Å²) in [6.45, 7) is 10.3. The molecule has 1 aromatic carbocycles. The van der Waals surface area contributed by atoms with Gasteiger partial charge in [-0.05, 0) is 0 Å². The van der Waals surface area contributed by atoms with Crippen LogP contribution in [0.15, 0.2) is 30.3 Å². The quantitative estimate of drug-likeness (QED) is 0.450. The van der Waals surface area contributed by atoms with Crippen LogP contribution in [0.25, 0.3) is 0 Å². The van der Waals surface area contributed by atoms with Gasteiger partial charge in [0.1, 0.15) is 0 Å². The Bertz CT molecular complexity index is 400. The molecular weight excluding hydrogens is 355 g/mol. The van der Waals surface area contributed by atoms with Crippen molar-refractivity contribution >= 4 is 28.9 Å². The molecule has 0 bridgehead atoms. The molecule has 0 unspecified atom stereocenters. The van der Waals surface area contributed by atoms with E-state index in [1.54, 1.807) is 12.1 Å². The van der Waals surface area contributed by atoms with Crippen molar-refractivity contribution in [3.05, 3.63) is 30.3 Å². The van der Waals surface area contributed by atoms with Crippen LogP contribution in [0, 0.1) is 0 Å². The molecule has 4 nitrogen and oxygen atoms in total. The van der Waals surface area contributed by atoms with Gasteiger partial charge in [0.25, 0.3) is 0 Å². The maximum atomic E-state index is 11.7. The van der Waals surface area contributed by atoms with Crippen LogP contribution in [0.1, 0.15) is 20.8 Å². The summed E-state index contributed by atoms with van der Waals surface area (Å²) in [5.41, 5.74) is 0. The molecule has 0 radical (unpaired) electrons. The van der Waals surface area contributed by atoms with Gasteiger partial charge in [-0.1, -0.05) is 0 Å². The van der Waals surface area contributed by atoms with Crippen LogP contribution in [0.5, 0.6) is 5.75 Å². The topological polar surface area (TPSA) is 44.8 Å². The van der Waals surface area contributed by atoms with Gasteiger partial charge in [-0.3, -0.25) is 0 Å². The standard InChI is InChI=1S/C6H16O2Si.C6H6O.O.Sn/c1-6(2,3)9(4,5)8-7;7-6-4-2-1-3-5-6;;/h7H,1-5H3;1-5,7H;;/q;;;+2/p-2. The van der Waals surface area contributed by atoms with E-state index in [0.717, 1.165) is 0 Å². The number of rotatable bonds is 5. The van der Waals surface area contributed by atoms with Crippen molar-refractivity contribution in [2.75, 3.05) is 0 Å². The predicted octanol–water partition coefficient (Wildman–Crippen LogP) is 3.43. The van der Waals surface area contributed by atoms with Crippen LogP contribution in [-0.4, -0.2) is 28.9 Å². The molecule has 0 saturated carbocycles. The first-order chi connectivity index (χ1) is 8.22. The Balaban J connectivity index is 2.48. The summed E-state index contributed by atoms with van der Waals surface area (Å²) < 4.78 is 27.4. The van der Waals surface area contributed by atoms with Crippen LogP contribution in [0.3, 0.4) is 0 Å². The van der Waals surface area contributed by atoms with Crippen LogP contribution < -0.4 is 3.07 Å². The molecule has 100 valence electrons. The van der Waals surface area contributed by atoms with Gasteiger partial charge >= 0.3 is 118 Å². The Morgan fingerprint density at radius 1 is 1.11 bits per heavy atom. The second-order valence-corrected chi connectivity index (χ2v) is 12.8. The molecular formula is C12H20O4SiSn. The average molecular weight is 375 g/mol. The van der Waals surface area contributed by atoms with Gasteiger partial charge in [-0.2, -0.15) is 0 Å². The zero-order chi connectivity index (χ0) is 13.8. The van der Waals surface area contributed by atoms with Gasteiger partial charge in [-0.25, -0.2) is 0 Å². The molecule has 0 aliphatic carbocycles. The van der Waals surface area contributed by atoms with Crippen molar-refractivity contribution < 1.29 is 14.0 Å². The summed E-state index contributed by atoms with van der Waals surface area (Å²) in [4.78, 5) is 0. The van der Waals surface area contributed by atoms with Crippen molar-refractivity contribution in [3.63, 3.8) is 0 Å². The first-order valence-corrected chi connectivity index (χ1v) is 12.3. The second kappa shape index (κ2) is 6.27. The zero-order valence-corrected chi connectivity index (χ0v) is 15.4. The van der Waals surface area contributed by atoms with E-state index in [2.05, 4.69) is 20.8 Å². The Hall–Kier alpha value is -0.244. The molecule has 1 aromatic rings. The van der Waals surface area contributed by atoms with Crippen molar-refractivity contribution in [1.82, 2.24) is 0 Å². The third-order valence-electron chi connectivity index (χ3n) is 3.07. The Morgan fingerprint density at radius 3 is 2.17 bits per heavy atom. The third kappa shape index (κ3) is 4.79. The van der Waals surface area contributed by atoms with Gasteiger partial charge in [0.2, 0.25) is 0 Å². The van der Waals surface area contributed by atoms with E-state index in [1.165, 1.54) is 0 Å². The van der Waals surface area contributed by atoms with Gasteiger partial charge in [0.15, 0.2) is 0 Å². The molecule has 0 heterocycles. The summed E-state index contributed by atoms with van der Waals surface area (Å²) in [7, 11) is -2.04. The summed E-state index contributed by atoms with van der Waals surface area (Å²) in [6.07, 6.45) is 0. The number of benzene rings is 1. The Morgan fingerprint density at radius 2 is 1.67 bits per heavy atom. The van der Waals surface area contributed by atoms with Gasteiger partial charge in [-0.15, -0.1) is 0 Å². The molecule has 18 heavy (non-hydrogen) atoms. The fourth-order valence-electron chi connectivity index (χ4n) is 0.865. The van der Waals surface area contributed by atoms with E-state index in [1.807, 2.05) is 31.3 Å². The van der Waals surface area contributed by atoms with Crippen LogP contribution in [0.4, 0.5) is 0 Å². The molecule has 0 saturated heterocycles. The predicted molar refractivity (Wildman–Crippen MR) is 72.9 cm³/mol. The van der Waals surface area contributed by atoms with E-state index in [0.29, 0.717) is 5.75 Å². The Kier molecular flexibility index (Phi) is 5.51. The monoisotopic (exact) mass is 376 g/mol. The summed E-state index contributed by atoms with van der Waals surface area (Å²) in [5, 5.41) is 0.0170. The van der Waals surface area contributed by atoms with E-state index in [-0.39, 0.29) is 5.04 Å². The fraction of sp³-hybridized carbons (Fsp3) is 0.500. The third-order valence-corrected chi connectivity index (χ3v) is 9.43. The van der Waals surface area contributed by atoms with E-state index in [4.69, 9.17) is 10.9 Å². The number of para-hydroxylation sites is 1. The van der Waals surface area contributed by atoms with E-state index in [9.17, 15) is 3.08 Å². The minimum absolute atomic E-state index is 0.0170. The molecule has 0 spiro atoms. The maximum absolute atomic E-state index is 11.7. The molecule has 0 amide bonds. The Labute approximate surface area is 118 Å². The fourth-order valence-corrected chi connectivity index (χ4v) is 4.79. The molecule has 0 N–H and O–H groups in total. The summed E-state index contributed by atoms with van der Waals surface area (Å²) >= 11 is -3.61. The van der Waals surface area contributed by atoms with Crippen molar-refractivity contribution in [2.45, 2.75) is 38.9 Å². The van der Waals surface area contributed by atoms with E-state index >= 15 is 0 Å².